The molecule has 2 aromatic carbocycles. The summed E-state index contributed by atoms with van der Waals surface area (Å²) < 4.78 is 27.6. The van der Waals surface area contributed by atoms with Gasteiger partial charge in [-0.15, -0.1) is 11.3 Å². The van der Waals surface area contributed by atoms with E-state index in [4.69, 9.17) is 23.2 Å². The highest BCUT2D eigenvalue weighted by Crippen LogP contribution is 2.34. The minimum atomic E-state index is -3.74. The van der Waals surface area contributed by atoms with Crippen molar-refractivity contribution in [1.82, 2.24) is 9.88 Å². The lowest BCUT2D eigenvalue weighted by Crippen LogP contribution is -2.52. The molecule has 3 aromatic rings. The molecule has 3 heterocycles. The Hall–Kier alpha value is -2.37. The van der Waals surface area contributed by atoms with Gasteiger partial charge in [0.15, 0.2) is 5.13 Å². The Bertz CT molecular complexity index is 1310. The molecule has 2 saturated heterocycles. The van der Waals surface area contributed by atoms with Gasteiger partial charge in [-0.25, -0.2) is 13.4 Å². The maximum atomic E-state index is 13.2. The van der Waals surface area contributed by atoms with Gasteiger partial charge in [-0.1, -0.05) is 29.3 Å². The van der Waals surface area contributed by atoms with Gasteiger partial charge in [0.2, 0.25) is 5.91 Å². The fraction of sp³-hybridized carbons (Fsp3) is 0.304. The van der Waals surface area contributed by atoms with Crippen molar-refractivity contribution in [3.63, 3.8) is 0 Å². The number of hydrogen-bond acceptors (Lipinski definition) is 7. The second-order valence-electron chi connectivity index (χ2n) is 8.33. The largest absolute Gasteiger partial charge is 0.368 e. The van der Waals surface area contributed by atoms with Gasteiger partial charge >= 0.3 is 0 Å². The third-order valence-corrected chi connectivity index (χ3v) is 9.30. The van der Waals surface area contributed by atoms with E-state index in [1.165, 1.54) is 29.7 Å². The van der Waals surface area contributed by atoms with Crippen molar-refractivity contribution in [3.8, 4) is 0 Å². The molecule has 0 saturated carbocycles. The first kappa shape index (κ1) is 24.3. The SMILES string of the molecule is O=C1[C@@H](N2CCN(c3cccc(Cl)c3Cl)CC2)CCN1c1ccc(S(=O)(=O)Nc2nccs2)cc1. The molecular formula is C23H23Cl2N5O3S2. The Kier molecular flexibility index (Phi) is 6.91. The normalized spacial score (nSPS) is 19.4. The number of nitrogens with zero attached hydrogens (tertiary/aromatic N) is 4. The summed E-state index contributed by atoms with van der Waals surface area (Å²) in [5.74, 6) is 0.0377. The van der Waals surface area contributed by atoms with E-state index in [-0.39, 0.29) is 16.8 Å². The predicted octanol–water partition coefficient (Wildman–Crippen LogP) is 4.18. The maximum Gasteiger partial charge on any atom is 0.263 e. The van der Waals surface area contributed by atoms with Gasteiger partial charge in [-0.2, -0.15) is 0 Å². The fourth-order valence-corrected chi connectivity index (χ4v) is 6.73. The number of hydrogen-bond donors (Lipinski definition) is 1. The highest BCUT2D eigenvalue weighted by atomic mass is 35.5. The molecule has 0 unspecified atom stereocenters. The van der Waals surface area contributed by atoms with Crippen LogP contribution >= 0.6 is 34.5 Å². The molecule has 35 heavy (non-hydrogen) atoms. The zero-order chi connectivity index (χ0) is 24.6. The van der Waals surface area contributed by atoms with E-state index >= 15 is 0 Å². The van der Waals surface area contributed by atoms with Crippen LogP contribution in [0.5, 0.6) is 0 Å². The third-order valence-electron chi connectivity index (χ3n) is 6.32. The molecule has 8 nitrogen and oxygen atoms in total. The fourth-order valence-electron chi connectivity index (χ4n) is 4.52. The molecule has 5 rings (SSSR count). The van der Waals surface area contributed by atoms with Gasteiger partial charge < -0.3 is 9.80 Å². The van der Waals surface area contributed by atoms with E-state index in [0.29, 0.717) is 27.4 Å². The predicted molar refractivity (Wildman–Crippen MR) is 140 cm³/mol. The summed E-state index contributed by atoms with van der Waals surface area (Å²) in [4.78, 5) is 23.5. The van der Waals surface area contributed by atoms with E-state index in [1.807, 2.05) is 12.1 Å². The van der Waals surface area contributed by atoms with Crippen LogP contribution in [0.2, 0.25) is 10.0 Å². The van der Waals surface area contributed by atoms with Crippen LogP contribution in [0.25, 0.3) is 0 Å². The highest BCUT2D eigenvalue weighted by Gasteiger charge is 2.38. The smallest absolute Gasteiger partial charge is 0.263 e. The minimum absolute atomic E-state index is 0.0377. The lowest BCUT2D eigenvalue weighted by atomic mass is 10.1. The Morgan fingerprint density at radius 3 is 2.43 bits per heavy atom. The van der Waals surface area contributed by atoms with Crippen molar-refractivity contribution in [3.05, 3.63) is 64.1 Å². The molecule has 1 amide bonds. The summed E-state index contributed by atoms with van der Waals surface area (Å²) in [6.07, 6.45) is 2.26. The van der Waals surface area contributed by atoms with Crippen LogP contribution < -0.4 is 14.5 Å². The third kappa shape index (κ3) is 4.99. The van der Waals surface area contributed by atoms with E-state index in [0.717, 1.165) is 38.3 Å². The number of nitrogens with one attached hydrogen (secondary N) is 1. The molecule has 12 heteroatoms. The van der Waals surface area contributed by atoms with E-state index in [1.54, 1.807) is 28.5 Å². The summed E-state index contributed by atoms with van der Waals surface area (Å²) >= 11 is 13.8. The number of thiazole rings is 1. The van der Waals surface area contributed by atoms with Crippen molar-refractivity contribution < 1.29 is 13.2 Å². The second kappa shape index (κ2) is 9.94. The van der Waals surface area contributed by atoms with E-state index in [9.17, 15) is 13.2 Å². The number of anilines is 3. The average molecular weight is 553 g/mol. The van der Waals surface area contributed by atoms with Crippen LogP contribution in [0.4, 0.5) is 16.5 Å². The Morgan fingerprint density at radius 1 is 1.00 bits per heavy atom. The number of aromatic nitrogens is 1. The molecule has 1 atom stereocenters. The molecule has 0 aliphatic carbocycles. The van der Waals surface area contributed by atoms with Gasteiger partial charge in [0.05, 0.1) is 26.7 Å². The molecule has 184 valence electrons. The highest BCUT2D eigenvalue weighted by molar-refractivity contribution is 7.93. The zero-order valence-electron chi connectivity index (χ0n) is 18.6. The lowest BCUT2D eigenvalue weighted by molar-refractivity contribution is -0.121. The monoisotopic (exact) mass is 551 g/mol. The Labute approximate surface area is 218 Å². The summed E-state index contributed by atoms with van der Waals surface area (Å²) in [7, 11) is -3.74. The Morgan fingerprint density at radius 2 is 1.74 bits per heavy atom. The van der Waals surface area contributed by atoms with Crippen molar-refractivity contribution in [2.45, 2.75) is 17.4 Å². The van der Waals surface area contributed by atoms with Gasteiger partial charge in [0.25, 0.3) is 10.0 Å². The van der Waals surface area contributed by atoms with Crippen LogP contribution in [-0.2, 0) is 14.8 Å². The number of halogens is 2. The summed E-state index contributed by atoms with van der Waals surface area (Å²) in [5.41, 5.74) is 1.60. The molecule has 0 radical (unpaired) electrons. The van der Waals surface area contributed by atoms with Crippen LogP contribution in [-0.4, -0.2) is 63.0 Å². The molecular weight excluding hydrogens is 529 g/mol. The van der Waals surface area contributed by atoms with E-state index < -0.39 is 10.0 Å². The molecule has 2 aliphatic heterocycles. The van der Waals surface area contributed by atoms with Crippen molar-refractivity contribution in [2.75, 3.05) is 47.2 Å². The molecule has 0 bridgehead atoms. The number of amides is 1. The average Bonchev–Trinajstić information content (AvgIpc) is 3.50. The van der Waals surface area contributed by atoms with Gasteiger partial charge in [0.1, 0.15) is 0 Å². The number of carbonyl (C=O) groups excluding carboxylic acids is 1. The number of sulfonamides is 1. The number of rotatable bonds is 6. The summed E-state index contributed by atoms with van der Waals surface area (Å²) in [6.45, 7) is 3.58. The first-order chi connectivity index (χ1) is 16.8. The minimum Gasteiger partial charge on any atom is -0.368 e. The van der Waals surface area contributed by atoms with Crippen LogP contribution in [0.1, 0.15) is 6.42 Å². The molecule has 2 fully saturated rings. The maximum absolute atomic E-state index is 13.2. The standard InChI is InChI=1S/C23H23Cl2N5O3S2/c24-18-2-1-3-19(21(18)25)28-11-13-29(14-12-28)20-8-10-30(22(20)31)16-4-6-17(7-5-16)35(32,33)27-23-26-9-15-34-23/h1-7,9,15,20H,8,10-14H2,(H,26,27)/t20-/m0/s1. The lowest BCUT2D eigenvalue weighted by Gasteiger charge is -2.38. The van der Waals surface area contributed by atoms with Crippen LogP contribution in [0.15, 0.2) is 58.9 Å². The van der Waals surface area contributed by atoms with Crippen molar-refractivity contribution in [2.24, 2.45) is 0 Å². The van der Waals surface area contributed by atoms with Crippen LogP contribution in [0, 0.1) is 0 Å². The second-order valence-corrected chi connectivity index (χ2v) is 11.7. The van der Waals surface area contributed by atoms with Gasteiger partial charge in [0, 0.05) is 50.0 Å². The van der Waals surface area contributed by atoms with Crippen molar-refractivity contribution >= 4 is 67.0 Å². The Balaban J connectivity index is 1.22. The van der Waals surface area contributed by atoms with E-state index in [2.05, 4.69) is 19.5 Å². The van der Waals surface area contributed by atoms with Crippen molar-refractivity contribution in [1.29, 1.82) is 0 Å². The zero-order valence-corrected chi connectivity index (χ0v) is 21.7. The number of piperazine rings is 1. The van der Waals surface area contributed by atoms with Gasteiger partial charge in [-0.05, 0) is 42.8 Å². The first-order valence-corrected chi connectivity index (χ1v) is 14.2. The molecule has 0 spiro atoms. The first-order valence-electron chi connectivity index (χ1n) is 11.1. The summed E-state index contributed by atoms with van der Waals surface area (Å²) in [6, 6.07) is 11.8. The van der Waals surface area contributed by atoms with Gasteiger partial charge in [-0.3, -0.25) is 14.4 Å². The molecule has 1 aromatic heterocycles. The molecule has 2 aliphatic rings. The number of benzene rings is 2. The number of carbonyl (C=O) groups is 1. The molecule has 1 N–H and O–H groups in total. The van der Waals surface area contributed by atoms with Crippen LogP contribution in [0.3, 0.4) is 0 Å². The quantitative estimate of drug-likeness (QED) is 0.494. The topological polar surface area (TPSA) is 85.9 Å². The summed E-state index contributed by atoms with van der Waals surface area (Å²) in [5, 5.41) is 3.09.